The second-order valence-electron chi connectivity index (χ2n) is 10.6. The molecule has 194 valence electrons. The van der Waals surface area contributed by atoms with Gasteiger partial charge in [0.1, 0.15) is 5.75 Å². The first-order valence-electron chi connectivity index (χ1n) is 12.9. The van der Waals surface area contributed by atoms with Crippen LogP contribution in [0.3, 0.4) is 0 Å². The highest BCUT2D eigenvalue weighted by atomic mass is 35.5. The molecule has 7 heteroatoms. The Hall–Kier alpha value is -2.57. The third-order valence-electron chi connectivity index (χ3n) is 8.55. The van der Waals surface area contributed by atoms with E-state index in [9.17, 15) is 9.59 Å². The van der Waals surface area contributed by atoms with Crippen LogP contribution in [0, 0.1) is 11.3 Å². The second kappa shape index (κ2) is 11.2. The van der Waals surface area contributed by atoms with Crippen molar-refractivity contribution >= 4 is 24.2 Å². The molecule has 1 spiro atoms. The van der Waals surface area contributed by atoms with E-state index in [1.54, 1.807) is 14.0 Å². The van der Waals surface area contributed by atoms with Gasteiger partial charge in [0, 0.05) is 45.6 Å². The first-order valence-corrected chi connectivity index (χ1v) is 12.9. The summed E-state index contributed by atoms with van der Waals surface area (Å²) in [7, 11) is 1.67. The highest BCUT2D eigenvalue weighted by molar-refractivity contribution is 5.85. The van der Waals surface area contributed by atoms with Gasteiger partial charge in [0.25, 0.3) is 0 Å². The monoisotopic (exact) mass is 511 g/mol. The minimum absolute atomic E-state index is 0. The van der Waals surface area contributed by atoms with Gasteiger partial charge in [0.2, 0.25) is 11.8 Å². The molecular formula is C29H38ClN3O3. The van der Waals surface area contributed by atoms with Gasteiger partial charge in [-0.3, -0.25) is 9.59 Å². The Kier molecular flexibility index (Phi) is 8.26. The van der Waals surface area contributed by atoms with Crippen LogP contribution in [0.2, 0.25) is 0 Å². The maximum Gasteiger partial charge on any atom is 0.229 e. The molecule has 0 aromatic heterocycles. The lowest BCUT2D eigenvalue weighted by Crippen LogP contribution is -2.46. The second-order valence-corrected chi connectivity index (χ2v) is 10.6. The zero-order valence-corrected chi connectivity index (χ0v) is 22.2. The fourth-order valence-corrected chi connectivity index (χ4v) is 6.35. The summed E-state index contributed by atoms with van der Waals surface area (Å²) in [4.78, 5) is 32.2. The van der Waals surface area contributed by atoms with Crippen molar-refractivity contribution in [3.05, 3.63) is 65.7 Å². The van der Waals surface area contributed by atoms with Gasteiger partial charge in [-0.25, -0.2) is 0 Å². The van der Waals surface area contributed by atoms with Gasteiger partial charge in [-0.2, -0.15) is 0 Å². The zero-order valence-electron chi connectivity index (χ0n) is 21.4. The van der Waals surface area contributed by atoms with Gasteiger partial charge in [-0.15, -0.1) is 12.4 Å². The van der Waals surface area contributed by atoms with Crippen LogP contribution in [0.4, 0.5) is 0 Å². The lowest BCUT2D eigenvalue weighted by atomic mass is 9.76. The highest BCUT2D eigenvalue weighted by Crippen LogP contribution is 2.43. The average Bonchev–Trinajstić information content (AvgIpc) is 3.44. The molecule has 0 aliphatic carbocycles. The SMILES string of the molecule is COc1ccc(CN2CCC3(CCN(C[C@H]4CN(C(C)=O)C[C@@H]4c4ccccc4)CC3)C2=O)cc1.Cl. The summed E-state index contributed by atoms with van der Waals surface area (Å²) >= 11 is 0. The van der Waals surface area contributed by atoms with Crippen molar-refractivity contribution in [2.24, 2.45) is 11.3 Å². The molecule has 0 radical (unpaired) electrons. The summed E-state index contributed by atoms with van der Waals surface area (Å²) in [6.45, 7) is 7.74. The van der Waals surface area contributed by atoms with Crippen molar-refractivity contribution < 1.29 is 14.3 Å². The van der Waals surface area contributed by atoms with Crippen molar-refractivity contribution in [3.8, 4) is 5.75 Å². The van der Waals surface area contributed by atoms with Gasteiger partial charge in [-0.05, 0) is 61.5 Å². The molecule has 0 unspecified atom stereocenters. The van der Waals surface area contributed by atoms with E-state index < -0.39 is 0 Å². The molecule has 5 rings (SSSR count). The van der Waals surface area contributed by atoms with Crippen LogP contribution in [-0.4, -0.2) is 72.9 Å². The van der Waals surface area contributed by atoms with Crippen LogP contribution in [0.5, 0.6) is 5.75 Å². The molecule has 2 amide bonds. The lowest BCUT2D eigenvalue weighted by Gasteiger charge is -2.39. The van der Waals surface area contributed by atoms with E-state index in [1.165, 1.54) is 5.56 Å². The number of piperidine rings is 1. The van der Waals surface area contributed by atoms with Crippen molar-refractivity contribution in [2.75, 3.05) is 46.4 Å². The fourth-order valence-electron chi connectivity index (χ4n) is 6.35. The van der Waals surface area contributed by atoms with Crippen molar-refractivity contribution in [1.29, 1.82) is 0 Å². The predicted molar refractivity (Wildman–Crippen MR) is 143 cm³/mol. The number of likely N-dealkylation sites (tertiary alicyclic amines) is 3. The third-order valence-corrected chi connectivity index (χ3v) is 8.55. The molecule has 0 bridgehead atoms. The topological polar surface area (TPSA) is 53.1 Å². The Labute approximate surface area is 221 Å². The van der Waals surface area contributed by atoms with E-state index in [-0.39, 0.29) is 23.7 Å². The van der Waals surface area contributed by atoms with Crippen molar-refractivity contribution in [2.45, 2.75) is 38.6 Å². The molecule has 3 saturated heterocycles. The molecule has 3 aliphatic rings. The predicted octanol–water partition coefficient (Wildman–Crippen LogP) is 4.19. The number of carbonyl (C=O) groups excluding carboxylic acids is 2. The van der Waals surface area contributed by atoms with Crippen LogP contribution in [0.25, 0.3) is 0 Å². The molecule has 3 heterocycles. The molecule has 0 N–H and O–H groups in total. The number of nitrogens with zero attached hydrogens (tertiary/aromatic N) is 3. The van der Waals surface area contributed by atoms with Gasteiger partial charge >= 0.3 is 0 Å². The lowest BCUT2D eigenvalue weighted by molar-refractivity contribution is -0.139. The number of methoxy groups -OCH3 is 1. The zero-order chi connectivity index (χ0) is 24.4. The number of ether oxygens (including phenoxy) is 1. The third kappa shape index (κ3) is 5.40. The normalized spacial score (nSPS) is 23.7. The van der Waals surface area contributed by atoms with Gasteiger partial charge in [0.15, 0.2) is 0 Å². The standard InChI is InChI=1S/C29H37N3O3.ClH/c1-22(33)32-20-25(27(21-32)24-6-4-3-5-7-24)19-30-15-12-29(13-16-30)14-17-31(28(29)34)18-23-8-10-26(35-2)11-9-23;/h3-11,25,27H,12-21H2,1-2H3;1H/t25-,27+;/m0./s1. The first kappa shape index (κ1) is 26.5. The summed E-state index contributed by atoms with van der Waals surface area (Å²) in [5, 5.41) is 0. The van der Waals surface area contributed by atoms with E-state index in [0.717, 1.165) is 69.8 Å². The molecule has 3 fully saturated rings. The number of carbonyl (C=O) groups is 2. The van der Waals surface area contributed by atoms with Crippen LogP contribution in [0.1, 0.15) is 43.2 Å². The highest BCUT2D eigenvalue weighted by Gasteiger charge is 2.48. The molecule has 2 aromatic rings. The van der Waals surface area contributed by atoms with Crippen molar-refractivity contribution in [3.63, 3.8) is 0 Å². The summed E-state index contributed by atoms with van der Waals surface area (Å²) in [5.41, 5.74) is 2.29. The Morgan fingerprint density at radius 3 is 2.28 bits per heavy atom. The maximum absolute atomic E-state index is 13.5. The van der Waals surface area contributed by atoms with Crippen LogP contribution in [0.15, 0.2) is 54.6 Å². The maximum atomic E-state index is 13.5. The van der Waals surface area contributed by atoms with Crippen LogP contribution >= 0.6 is 12.4 Å². The molecule has 36 heavy (non-hydrogen) atoms. The van der Waals surface area contributed by atoms with E-state index in [4.69, 9.17) is 4.74 Å². The number of hydrogen-bond acceptors (Lipinski definition) is 4. The quantitative estimate of drug-likeness (QED) is 0.583. The number of halogens is 1. The molecule has 3 aliphatic heterocycles. The summed E-state index contributed by atoms with van der Waals surface area (Å²) in [6.07, 6.45) is 2.83. The summed E-state index contributed by atoms with van der Waals surface area (Å²) < 4.78 is 5.25. The van der Waals surface area contributed by atoms with E-state index >= 15 is 0 Å². The molecule has 2 aromatic carbocycles. The van der Waals surface area contributed by atoms with Crippen molar-refractivity contribution in [1.82, 2.24) is 14.7 Å². The van der Waals surface area contributed by atoms with Gasteiger partial charge < -0.3 is 19.4 Å². The Bertz CT molecular complexity index is 1040. The van der Waals surface area contributed by atoms with E-state index in [0.29, 0.717) is 24.3 Å². The molecular weight excluding hydrogens is 474 g/mol. The number of benzene rings is 2. The minimum atomic E-state index is -0.192. The van der Waals surface area contributed by atoms with Crippen LogP contribution < -0.4 is 4.74 Å². The molecule has 2 atom stereocenters. The molecule has 6 nitrogen and oxygen atoms in total. The largest absolute Gasteiger partial charge is 0.497 e. The van der Waals surface area contributed by atoms with Gasteiger partial charge in [-0.1, -0.05) is 42.5 Å². The number of hydrogen-bond donors (Lipinski definition) is 0. The van der Waals surface area contributed by atoms with E-state index in [1.807, 2.05) is 21.9 Å². The Balaban J connectivity index is 0.00000304. The Morgan fingerprint density at radius 2 is 1.64 bits per heavy atom. The average molecular weight is 512 g/mol. The minimum Gasteiger partial charge on any atom is -0.497 e. The number of amides is 2. The molecule has 0 saturated carbocycles. The smallest absolute Gasteiger partial charge is 0.229 e. The Morgan fingerprint density at radius 1 is 0.972 bits per heavy atom. The fraction of sp³-hybridized carbons (Fsp3) is 0.517. The first-order chi connectivity index (χ1) is 17.0. The summed E-state index contributed by atoms with van der Waals surface area (Å²) in [6, 6.07) is 18.7. The van der Waals surface area contributed by atoms with E-state index in [2.05, 4.69) is 47.4 Å². The van der Waals surface area contributed by atoms with Crippen LogP contribution in [-0.2, 0) is 16.1 Å². The number of rotatable bonds is 6. The van der Waals surface area contributed by atoms with Gasteiger partial charge in [0.05, 0.1) is 12.5 Å². The summed E-state index contributed by atoms with van der Waals surface area (Å²) in [5.74, 6) is 2.15.